The van der Waals surface area contributed by atoms with E-state index in [9.17, 15) is 5.11 Å². The molecule has 0 amide bonds. The van der Waals surface area contributed by atoms with Crippen molar-refractivity contribution in [1.82, 2.24) is 9.55 Å². The molecule has 1 aromatic rings. The van der Waals surface area contributed by atoms with E-state index in [-0.39, 0.29) is 0 Å². The highest BCUT2D eigenvalue weighted by Crippen LogP contribution is 2.23. The van der Waals surface area contributed by atoms with Gasteiger partial charge < -0.3 is 9.67 Å². The lowest BCUT2D eigenvalue weighted by Crippen LogP contribution is -2.06. The van der Waals surface area contributed by atoms with Gasteiger partial charge in [0, 0.05) is 13.2 Å². The van der Waals surface area contributed by atoms with E-state index in [0.717, 1.165) is 25.0 Å². The summed E-state index contributed by atoms with van der Waals surface area (Å²) in [4.78, 5) is 4.15. The predicted molar refractivity (Wildman–Crippen MR) is 56.9 cm³/mol. The smallest absolute Gasteiger partial charge is 0.0977 e. The van der Waals surface area contributed by atoms with Crippen molar-refractivity contribution in [3.63, 3.8) is 0 Å². The first kappa shape index (κ1) is 11.2. The molecule has 3 heteroatoms. The first-order chi connectivity index (χ1) is 6.67. The molecule has 80 valence electrons. The van der Waals surface area contributed by atoms with E-state index in [1.165, 1.54) is 0 Å². The number of imidazole rings is 1. The van der Waals surface area contributed by atoms with Gasteiger partial charge in [0.1, 0.15) is 0 Å². The Labute approximate surface area is 85.8 Å². The van der Waals surface area contributed by atoms with Crippen LogP contribution in [0.2, 0.25) is 0 Å². The van der Waals surface area contributed by atoms with Gasteiger partial charge in [-0.05, 0) is 12.3 Å². The van der Waals surface area contributed by atoms with E-state index in [1.807, 2.05) is 17.8 Å². The molecule has 1 unspecified atom stereocenters. The Balaban J connectivity index is 2.53. The summed E-state index contributed by atoms with van der Waals surface area (Å²) in [6, 6.07) is 0. The number of aromatic nitrogens is 2. The highest BCUT2D eigenvalue weighted by Gasteiger charge is 2.14. The molecule has 1 heterocycles. The minimum Gasteiger partial charge on any atom is -0.387 e. The maximum atomic E-state index is 9.89. The van der Waals surface area contributed by atoms with E-state index < -0.39 is 6.10 Å². The minimum atomic E-state index is -0.402. The van der Waals surface area contributed by atoms with E-state index in [1.54, 1.807) is 6.33 Å². The summed E-state index contributed by atoms with van der Waals surface area (Å²) in [5.41, 5.74) is 0.791. The maximum Gasteiger partial charge on any atom is 0.0977 e. The third kappa shape index (κ3) is 2.84. The zero-order valence-electron chi connectivity index (χ0n) is 9.27. The van der Waals surface area contributed by atoms with Crippen LogP contribution >= 0.6 is 0 Å². The first-order valence-electron chi connectivity index (χ1n) is 5.33. The van der Waals surface area contributed by atoms with Gasteiger partial charge in [-0.2, -0.15) is 0 Å². The number of aryl methyl sites for hydroxylation is 1. The van der Waals surface area contributed by atoms with Crippen LogP contribution in [0.15, 0.2) is 12.5 Å². The van der Waals surface area contributed by atoms with Crippen LogP contribution in [-0.2, 0) is 7.05 Å². The Morgan fingerprint density at radius 2 is 2.07 bits per heavy atom. The van der Waals surface area contributed by atoms with Crippen LogP contribution in [0.3, 0.4) is 0 Å². The van der Waals surface area contributed by atoms with Crippen molar-refractivity contribution < 1.29 is 5.11 Å². The summed E-state index contributed by atoms with van der Waals surface area (Å²) in [5.74, 6) is 0.604. The minimum absolute atomic E-state index is 0.402. The molecule has 0 aliphatic carbocycles. The molecule has 3 nitrogen and oxygen atoms in total. The molecule has 0 aliphatic heterocycles. The summed E-state index contributed by atoms with van der Waals surface area (Å²) in [6.45, 7) is 4.33. The Hall–Kier alpha value is -0.830. The van der Waals surface area contributed by atoms with E-state index in [0.29, 0.717) is 5.92 Å². The fourth-order valence-electron chi connectivity index (χ4n) is 1.66. The molecule has 1 N–H and O–H groups in total. The number of rotatable bonds is 5. The predicted octanol–water partition coefficient (Wildman–Crippen LogP) is 2.28. The summed E-state index contributed by atoms with van der Waals surface area (Å²) < 4.78 is 1.87. The van der Waals surface area contributed by atoms with Gasteiger partial charge in [0.25, 0.3) is 0 Å². The van der Waals surface area contributed by atoms with Crippen molar-refractivity contribution in [2.45, 2.75) is 39.2 Å². The summed E-state index contributed by atoms with van der Waals surface area (Å²) in [6.07, 6.45) is 6.28. The van der Waals surface area contributed by atoms with Gasteiger partial charge in [0.05, 0.1) is 18.1 Å². The van der Waals surface area contributed by atoms with Crippen LogP contribution in [0.5, 0.6) is 0 Å². The molecular weight excluding hydrogens is 176 g/mol. The standard InChI is InChI=1S/C11H20N2O/c1-4-9(5-2)6-11(14)10-7-13(3)8-12-10/h7-9,11,14H,4-6H2,1-3H3. The monoisotopic (exact) mass is 196 g/mol. The maximum absolute atomic E-state index is 9.89. The van der Waals surface area contributed by atoms with Crippen LogP contribution in [0, 0.1) is 5.92 Å². The Morgan fingerprint density at radius 1 is 1.43 bits per heavy atom. The summed E-state index contributed by atoms with van der Waals surface area (Å²) >= 11 is 0. The number of nitrogens with zero attached hydrogens (tertiary/aromatic N) is 2. The van der Waals surface area contributed by atoms with Gasteiger partial charge in [0.15, 0.2) is 0 Å². The van der Waals surface area contributed by atoms with Crippen LogP contribution in [0.25, 0.3) is 0 Å². The van der Waals surface area contributed by atoms with Crippen molar-refractivity contribution in [1.29, 1.82) is 0 Å². The number of hydrogen-bond acceptors (Lipinski definition) is 2. The van der Waals surface area contributed by atoms with Crippen molar-refractivity contribution in [3.8, 4) is 0 Å². The first-order valence-corrected chi connectivity index (χ1v) is 5.33. The average molecular weight is 196 g/mol. The molecular formula is C11H20N2O. The fraction of sp³-hybridized carbons (Fsp3) is 0.727. The molecule has 1 aromatic heterocycles. The van der Waals surface area contributed by atoms with Crippen LogP contribution < -0.4 is 0 Å². The lowest BCUT2D eigenvalue weighted by Gasteiger charge is -2.15. The number of aliphatic hydroxyl groups excluding tert-OH is 1. The van der Waals surface area contributed by atoms with Gasteiger partial charge in [-0.25, -0.2) is 4.98 Å². The quantitative estimate of drug-likeness (QED) is 0.784. The normalized spacial score (nSPS) is 13.5. The third-order valence-corrected chi connectivity index (χ3v) is 2.78. The Morgan fingerprint density at radius 3 is 2.50 bits per heavy atom. The second-order valence-corrected chi connectivity index (χ2v) is 3.90. The topological polar surface area (TPSA) is 38.0 Å². The Kier molecular flexibility index (Phi) is 4.14. The van der Waals surface area contributed by atoms with Gasteiger partial charge in [-0.15, -0.1) is 0 Å². The molecule has 0 radical (unpaired) electrons. The highest BCUT2D eigenvalue weighted by atomic mass is 16.3. The molecule has 0 bridgehead atoms. The summed E-state index contributed by atoms with van der Waals surface area (Å²) in [5, 5.41) is 9.89. The zero-order valence-corrected chi connectivity index (χ0v) is 9.27. The number of aliphatic hydroxyl groups is 1. The van der Waals surface area contributed by atoms with Gasteiger partial charge in [-0.1, -0.05) is 26.7 Å². The van der Waals surface area contributed by atoms with Crippen molar-refractivity contribution in [2.75, 3.05) is 0 Å². The second kappa shape index (κ2) is 5.15. The molecule has 0 aliphatic rings. The molecule has 0 fully saturated rings. The van der Waals surface area contributed by atoms with Crippen LogP contribution in [0.1, 0.15) is 44.9 Å². The molecule has 0 spiro atoms. The van der Waals surface area contributed by atoms with Crippen molar-refractivity contribution in [3.05, 3.63) is 18.2 Å². The lowest BCUT2D eigenvalue weighted by molar-refractivity contribution is 0.137. The lowest BCUT2D eigenvalue weighted by atomic mass is 9.95. The van der Waals surface area contributed by atoms with Gasteiger partial charge in [-0.3, -0.25) is 0 Å². The SMILES string of the molecule is CCC(CC)CC(O)c1cn(C)cn1. The molecule has 0 saturated heterocycles. The molecule has 0 aromatic carbocycles. The highest BCUT2D eigenvalue weighted by molar-refractivity contribution is 5.00. The van der Waals surface area contributed by atoms with E-state index >= 15 is 0 Å². The van der Waals surface area contributed by atoms with Crippen molar-refractivity contribution >= 4 is 0 Å². The second-order valence-electron chi connectivity index (χ2n) is 3.90. The zero-order chi connectivity index (χ0) is 10.6. The average Bonchev–Trinajstić information content (AvgIpc) is 2.61. The van der Waals surface area contributed by atoms with E-state index in [4.69, 9.17) is 0 Å². The van der Waals surface area contributed by atoms with E-state index in [2.05, 4.69) is 18.8 Å². The van der Waals surface area contributed by atoms with Crippen molar-refractivity contribution in [2.24, 2.45) is 13.0 Å². The fourth-order valence-corrected chi connectivity index (χ4v) is 1.66. The van der Waals surface area contributed by atoms with Crippen LogP contribution in [-0.4, -0.2) is 14.7 Å². The number of hydrogen-bond donors (Lipinski definition) is 1. The molecule has 1 rings (SSSR count). The molecule has 0 saturated carbocycles. The largest absolute Gasteiger partial charge is 0.387 e. The molecule has 14 heavy (non-hydrogen) atoms. The third-order valence-electron chi connectivity index (χ3n) is 2.78. The molecule has 1 atom stereocenters. The van der Waals surface area contributed by atoms with Gasteiger partial charge >= 0.3 is 0 Å². The summed E-state index contributed by atoms with van der Waals surface area (Å²) in [7, 11) is 1.92. The van der Waals surface area contributed by atoms with Gasteiger partial charge in [0.2, 0.25) is 0 Å². The Bertz CT molecular complexity index is 266. The van der Waals surface area contributed by atoms with Crippen LogP contribution in [0.4, 0.5) is 0 Å².